The molecule has 3 aromatic carbocycles. The third kappa shape index (κ3) is 5.88. The Morgan fingerprint density at radius 2 is 1.73 bits per heavy atom. The number of likely N-dealkylation sites (tertiary alicyclic amines) is 1. The smallest absolute Gasteiger partial charge is 0.288 e. The molecule has 7 nitrogen and oxygen atoms in total. The molecule has 2 aliphatic rings. The van der Waals surface area contributed by atoms with Crippen LogP contribution in [-0.2, 0) is 20.7 Å². The van der Waals surface area contributed by atoms with Gasteiger partial charge in [0.2, 0.25) is 15.9 Å². The molecule has 1 saturated heterocycles. The fourth-order valence-corrected chi connectivity index (χ4v) is 6.88. The van der Waals surface area contributed by atoms with Gasteiger partial charge in [0, 0.05) is 29.2 Å². The van der Waals surface area contributed by atoms with Gasteiger partial charge >= 0.3 is 0 Å². The van der Waals surface area contributed by atoms with Crippen molar-refractivity contribution in [3.63, 3.8) is 0 Å². The molecule has 0 radical (unpaired) electrons. The summed E-state index contributed by atoms with van der Waals surface area (Å²) < 4.78 is 65.6. The van der Waals surface area contributed by atoms with E-state index in [4.69, 9.17) is 15.6 Å². The molecule has 0 unspecified atom stereocenters. The number of fused-ring (bicyclic) bond motifs is 1. The number of ether oxygens (including phenoxy) is 1. The van der Waals surface area contributed by atoms with Crippen LogP contribution in [-0.4, -0.2) is 44.5 Å². The summed E-state index contributed by atoms with van der Waals surface area (Å²) in [6, 6.07) is 12.6. The molecule has 40 heavy (non-hydrogen) atoms. The molecular weight excluding hydrogens is 604 g/mol. The minimum Gasteiger partial charge on any atom is -0.490 e. The Bertz CT molecular complexity index is 1510. The van der Waals surface area contributed by atoms with E-state index in [9.17, 15) is 13.2 Å². The first-order valence-electron chi connectivity index (χ1n) is 13.4. The van der Waals surface area contributed by atoms with Gasteiger partial charge in [-0.2, -0.15) is 0 Å². The Hall–Kier alpha value is -2.60. The number of alkyl halides is 2. The van der Waals surface area contributed by atoms with Gasteiger partial charge in [-0.3, -0.25) is 4.79 Å². The minimum absolute atomic E-state index is 0.0694. The molecule has 2 fully saturated rings. The lowest BCUT2D eigenvalue weighted by Crippen LogP contribution is -2.50. The zero-order valence-corrected chi connectivity index (χ0v) is 24.3. The quantitative estimate of drug-likeness (QED) is 0.361. The highest BCUT2D eigenvalue weighted by Gasteiger charge is 2.51. The molecule has 1 aliphatic carbocycles. The van der Waals surface area contributed by atoms with Crippen molar-refractivity contribution in [1.29, 1.82) is 0 Å². The lowest BCUT2D eigenvalue weighted by atomic mass is 9.83. The number of carbonyl (C=O) groups is 1. The van der Waals surface area contributed by atoms with Crippen molar-refractivity contribution in [3.05, 3.63) is 70.2 Å². The molecular formula is C29H32BrF2N3O4S. The van der Waals surface area contributed by atoms with E-state index in [2.05, 4.69) is 15.9 Å². The van der Waals surface area contributed by atoms with Gasteiger partial charge in [0.1, 0.15) is 11.7 Å². The van der Waals surface area contributed by atoms with Gasteiger partial charge in [0.25, 0.3) is 5.92 Å². The minimum atomic E-state index is -4.49. The molecule has 2 atom stereocenters. The Labute approximate surface area is 241 Å². The number of carbonyl (C=O) groups excluding carboxylic acids is 1. The van der Waals surface area contributed by atoms with Gasteiger partial charge in [-0.15, -0.1) is 0 Å². The second-order valence-corrected chi connectivity index (χ2v) is 13.1. The largest absolute Gasteiger partial charge is 0.490 e. The topological polar surface area (TPSA) is 116 Å². The highest BCUT2D eigenvalue weighted by atomic mass is 79.9. The van der Waals surface area contributed by atoms with Gasteiger partial charge in [-0.1, -0.05) is 40.2 Å². The summed E-state index contributed by atoms with van der Waals surface area (Å²) in [5.74, 6) is -6.30. The van der Waals surface area contributed by atoms with Crippen LogP contribution in [0.4, 0.5) is 8.78 Å². The first-order chi connectivity index (χ1) is 18.9. The number of halogens is 3. The van der Waals surface area contributed by atoms with Crippen LogP contribution in [0.5, 0.6) is 5.75 Å². The van der Waals surface area contributed by atoms with E-state index >= 15 is 8.78 Å². The van der Waals surface area contributed by atoms with Crippen molar-refractivity contribution in [2.24, 2.45) is 10.9 Å². The molecule has 4 N–H and O–H groups in total. The fourth-order valence-electron chi connectivity index (χ4n) is 5.82. The molecule has 1 heterocycles. The van der Waals surface area contributed by atoms with Crippen molar-refractivity contribution in [2.45, 2.75) is 67.4 Å². The first kappa shape index (κ1) is 28.9. The van der Waals surface area contributed by atoms with Crippen molar-refractivity contribution >= 4 is 42.6 Å². The average molecular weight is 637 g/mol. The van der Waals surface area contributed by atoms with Crippen molar-refractivity contribution in [1.82, 2.24) is 4.90 Å². The van der Waals surface area contributed by atoms with Crippen LogP contribution in [0, 0.1) is 0 Å². The van der Waals surface area contributed by atoms with E-state index in [1.165, 1.54) is 41.3 Å². The molecule has 1 amide bonds. The summed E-state index contributed by atoms with van der Waals surface area (Å²) in [5.41, 5.74) is 5.34. The number of nitrogens with two attached hydrogens (primary N) is 2. The standard InChI is InChI=1S/C29H32BrF2N3O4S/c30-20-10-8-19(9-11-20)29(31,32)27(28(36)35-15-3-4-21(33)17-35)26-24-13-12-23(39-22-5-1-2-6-22)16-18(24)7-14-25(26)40(34,37)38/h7-14,16,21-22,27H,1-6,15,17,33H2,(H2,34,37,38)/t21-,27-/m1/s1. The summed E-state index contributed by atoms with van der Waals surface area (Å²) in [6.45, 7) is 0.342. The molecule has 214 valence electrons. The SMILES string of the molecule is N[C@@H]1CCCN(C(=O)[C@@H](c2c(S(N)(=O)=O)ccc3cc(OC4CCCC4)ccc23)C(F)(F)c2ccc(Br)cc2)C1. The molecule has 0 spiro atoms. The predicted molar refractivity (Wildman–Crippen MR) is 153 cm³/mol. The van der Waals surface area contributed by atoms with Gasteiger partial charge in [0.05, 0.1) is 11.0 Å². The van der Waals surface area contributed by atoms with E-state index in [0.717, 1.165) is 25.7 Å². The van der Waals surface area contributed by atoms with Crippen LogP contribution in [0.25, 0.3) is 10.8 Å². The van der Waals surface area contributed by atoms with Crippen LogP contribution in [0.2, 0.25) is 0 Å². The zero-order valence-electron chi connectivity index (χ0n) is 21.9. The maximum Gasteiger partial charge on any atom is 0.288 e. The van der Waals surface area contributed by atoms with Crippen LogP contribution >= 0.6 is 15.9 Å². The molecule has 11 heteroatoms. The number of hydrogen-bond donors (Lipinski definition) is 2. The lowest BCUT2D eigenvalue weighted by Gasteiger charge is -2.37. The van der Waals surface area contributed by atoms with Gasteiger partial charge in [-0.05, 0) is 85.2 Å². The first-order valence-corrected chi connectivity index (χ1v) is 15.7. The predicted octanol–water partition coefficient (Wildman–Crippen LogP) is 5.40. The van der Waals surface area contributed by atoms with Crippen molar-refractivity contribution in [3.8, 4) is 5.75 Å². The monoisotopic (exact) mass is 635 g/mol. The second-order valence-electron chi connectivity index (χ2n) is 10.7. The molecule has 0 aromatic heterocycles. The zero-order chi connectivity index (χ0) is 28.7. The van der Waals surface area contributed by atoms with Crippen LogP contribution in [0.1, 0.15) is 55.6 Å². The van der Waals surface area contributed by atoms with Crippen LogP contribution in [0.15, 0.2) is 64.0 Å². The Morgan fingerprint density at radius 3 is 2.38 bits per heavy atom. The maximum absolute atomic E-state index is 16.6. The van der Waals surface area contributed by atoms with E-state index in [1.54, 1.807) is 18.2 Å². The Kier molecular flexibility index (Phi) is 8.20. The maximum atomic E-state index is 16.6. The van der Waals surface area contributed by atoms with Crippen LogP contribution < -0.4 is 15.6 Å². The molecule has 3 aromatic rings. The third-order valence-electron chi connectivity index (χ3n) is 7.80. The summed E-state index contributed by atoms with van der Waals surface area (Å²) in [4.78, 5) is 14.9. The second kappa shape index (κ2) is 11.3. The Balaban J connectivity index is 1.71. The average Bonchev–Trinajstić information content (AvgIpc) is 3.41. The highest BCUT2D eigenvalue weighted by Crippen LogP contribution is 2.48. The number of benzene rings is 3. The van der Waals surface area contributed by atoms with Gasteiger partial charge in [-0.25, -0.2) is 22.3 Å². The summed E-state index contributed by atoms with van der Waals surface area (Å²) >= 11 is 3.26. The number of sulfonamides is 1. The molecule has 0 bridgehead atoms. The third-order valence-corrected chi connectivity index (χ3v) is 9.30. The molecule has 5 rings (SSSR count). The number of nitrogens with zero attached hydrogens (tertiary/aromatic N) is 1. The van der Waals surface area contributed by atoms with Crippen LogP contribution in [0.3, 0.4) is 0 Å². The van der Waals surface area contributed by atoms with Crippen molar-refractivity contribution < 1.29 is 26.7 Å². The summed E-state index contributed by atoms with van der Waals surface area (Å²) in [6.07, 6.45) is 5.31. The lowest BCUT2D eigenvalue weighted by molar-refractivity contribution is -0.145. The number of piperidine rings is 1. The fraction of sp³-hybridized carbons (Fsp3) is 0.414. The highest BCUT2D eigenvalue weighted by molar-refractivity contribution is 9.10. The van der Waals surface area contributed by atoms with Gasteiger partial charge in [0.15, 0.2) is 0 Å². The number of primary sulfonamides is 1. The van der Waals surface area contributed by atoms with Crippen molar-refractivity contribution in [2.75, 3.05) is 13.1 Å². The molecule has 1 saturated carbocycles. The normalized spacial score (nSPS) is 19.6. The summed E-state index contributed by atoms with van der Waals surface area (Å²) in [5, 5.41) is 6.25. The number of rotatable bonds is 7. The summed E-state index contributed by atoms with van der Waals surface area (Å²) in [7, 11) is -4.49. The molecule has 1 aliphatic heterocycles. The van der Waals surface area contributed by atoms with E-state index in [0.29, 0.717) is 28.5 Å². The van der Waals surface area contributed by atoms with Gasteiger partial charge < -0.3 is 15.4 Å². The van der Waals surface area contributed by atoms with E-state index < -0.39 is 38.2 Å². The number of amides is 1. The number of hydrogen-bond acceptors (Lipinski definition) is 5. The Morgan fingerprint density at radius 1 is 1.02 bits per heavy atom. The van der Waals surface area contributed by atoms with E-state index in [-0.39, 0.29) is 36.2 Å². The van der Waals surface area contributed by atoms with E-state index in [1.807, 2.05) is 0 Å².